The third-order valence-corrected chi connectivity index (χ3v) is 1.28. The smallest absolute Gasteiger partial charge is 0.244 e. The molecule has 0 unspecified atom stereocenters. The molecule has 2 nitrogen and oxygen atoms in total. The van der Waals surface area contributed by atoms with Crippen molar-refractivity contribution in [1.82, 2.24) is 0 Å². The van der Waals surface area contributed by atoms with Crippen molar-refractivity contribution < 1.29 is 4.79 Å². The largest absolute Gasteiger partial charge is 0.366 e. The molecule has 2 N–H and O–H groups in total. The summed E-state index contributed by atoms with van der Waals surface area (Å²) in [4.78, 5) is 10.5. The molecule has 0 aliphatic carbocycles. The minimum atomic E-state index is -0.319. The summed E-state index contributed by atoms with van der Waals surface area (Å²) in [7, 11) is 0. The van der Waals surface area contributed by atoms with Crippen LogP contribution in [0.4, 0.5) is 0 Å². The van der Waals surface area contributed by atoms with Gasteiger partial charge in [-0.2, -0.15) is 0 Å². The Morgan fingerprint density at radius 2 is 2.10 bits per heavy atom. The zero-order chi connectivity index (χ0) is 8.15. The molecule has 0 rings (SSSR count). The van der Waals surface area contributed by atoms with Gasteiger partial charge in [-0.25, -0.2) is 0 Å². The summed E-state index contributed by atoms with van der Waals surface area (Å²) in [5, 5.41) is 0. The molecule has 0 saturated carbocycles. The van der Waals surface area contributed by atoms with Crippen LogP contribution in [-0.2, 0) is 4.79 Å². The third-order valence-electron chi connectivity index (χ3n) is 1.28. The molecule has 0 bridgehead atoms. The Morgan fingerprint density at radius 1 is 1.60 bits per heavy atom. The zero-order valence-electron chi connectivity index (χ0n) is 6.85. The van der Waals surface area contributed by atoms with Crippen molar-refractivity contribution in [3.05, 3.63) is 11.6 Å². The summed E-state index contributed by atoms with van der Waals surface area (Å²) in [6, 6.07) is 0. The van der Waals surface area contributed by atoms with Gasteiger partial charge in [-0.3, -0.25) is 4.79 Å². The van der Waals surface area contributed by atoms with Crippen LogP contribution in [0.25, 0.3) is 0 Å². The molecule has 0 spiro atoms. The van der Waals surface area contributed by atoms with E-state index in [1.807, 2.05) is 6.08 Å². The standard InChI is InChI=1S/C8H15NO/c1-6(2)4-5-7(3)8(9)10/h5-6H,4H2,1-3H3,(H2,9,10). The first-order valence-electron chi connectivity index (χ1n) is 3.50. The predicted octanol–water partition coefficient (Wildman–Crippen LogP) is 1.46. The molecule has 0 aromatic heterocycles. The quantitative estimate of drug-likeness (QED) is 0.594. The van der Waals surface area contributed by atoms with E-state index in [1.165, 1.54) is 0 Å². The lowest BCUT2D eigenvalue weighted by Gasteiger charge is -1.98. The van der Waals surface area contributed by atoms with Gasteiger partial charge >= 0.3 is 0 Å². The van der Waals surface area contributed by atoms with Gasteiger partial charge in [0, 0.05) is 5.57 Å². The van der Waals surface area contributed by atoms with E-state index in [-0.39, 0.29) is 5.91 Å². The Kier molecular flexibility index (Phi) is 3.77. The van der Waals surface area contributed by atoms with Crippen LogP contribution in [0, 0.1) is 5.92 Å². The average molecular weight is 141 g/mol. The van der Waals surface area contributed by atoms with Crippen LogP contribution in [0.3, 0.4) is 0 Å². The summed E-state index contributed by atoms with van der Waals surface area (Å²) in [5.41, 5.74) is 5.68. The molecule has 0 aliphatic heterocycles. The van der Waals surface area contributed by atoms with E-state index in [0.717, 1.165) is 6.42 Å². The first-order valence-corrected chi connectivity index (χ1v) is 3.50. The highest BCUT2D eigenvalue weighted by molar-refractivity contribution is 5.91. The normalized spacial score (nSPS) is 12.2. The summed E-state index contributed by atoms with van der Waals surface area (Å²) in [6.45, 7) is 5.94. The number of nitrogens with two attached hydrogens (primary N) is 1. The number of rotatable bonds is 3. The van der Waals surface area contributed by atoms with Crippen LogP contribution >= 0.6 is 0 Å². The van der Waals surface area contributed by atoms with Gasteiger partial charge in [0.1, 0.15) is 0 Å². The van der Waals surface area contributed by atoms with E-state index >= 15 is 0 Å². The molecule has 0 radical (unpaired) electrons. The highest BCUT2D eigenvalue weighted by Crippen LogP contribution is 2.03. The van der Waals surface area contributed by atoms with E-state index in [1.54, 1.807) is 6.92 Å². The lowest BCUT2D eigenvalue weighted by Crippen LogP contribution is -2.11. The second kappa shape index (κ2) is 4.09. The molecule has 0 fully saturated rings. The Balaban J connectivity index is 3.81. The highest BCUT2D eigenvalue weighted by atomic mass is 16.1. The van der Waals surface area contributed by atoms with Crippen molar-refractivity contribution in [3.63, 3.8) is 0 Å². The molecule has 10 heavy (non-hydrogen) atoms. The zero-order valence-corrected chi connectivity index (χ0v) is 6.85. The monoisotopic (exact) mass is 141 g/mol. The van der Waals surface area contributed by atoms with Crippen LogP contribution < -0.4 is 5.73 Å². The minimum Gasteiger partial charge on any atom is -0.366 e. The summed E-state index contributed by atoms with van der Waals surface area (Å²) < 4.78 is 0. The van der Waals surface area contributed by atoms with Crippen LogP contribution in [0.5, 0.6) is 0 Å². The molecule has 1 amide bonds. The number of hydrogen-bond acceptors (Lipinski definition) is 1. The number of primary amides is 1. The first-order chi connectivity index (χ1) is 4.54. The van der Waals surface area contributed by atoms with Crippen molar-refractivity contribution in [2.24, 2.45) is 11.7 Å². The Bertz CT molecular complexity index is 147. The second-order valence-corrected chi connectivity index (χ2v) is 2.88. The molecule has 0 atom stereocenters. The van der Waals surface area contributed by atoms with E-state index in [2.05, 4.69) is 13.8 Å². The van der Waals surface area contributed by atoms with Crippen LogP contribution in [0.15, 0.2) is 11.6 Å². The van der Waals surface area contributed by atoms with Gasteiger partial charge in [0.05, 0.1) is 0 Å². The van der Waals surface area contributed by atoms with Crippen LogP contribution in [0.1, 0.15) is 27.2 Å². The molecule has 0 aromatic rings. The fourth-order valence-electron chi connectivity index (χ4n) is 0.513. The van der Waals surface area contributed by atoms with Crippen LogP contribution in [-0.4, -0.2) is 5.91 Å². The van der Waals surface area contributed by atoms with Crippen molar-refractivity contribution in [2.75, 3.05) is 0 Å². The lowest BCUT2D eigenvalue weighted by molar-refractivity contribution is -0.114. The maximum atomic E-state index is 10.5. The average Bonchev–Trinajstić information content (AvgIpc) is 1.82. The molecule has 0 aromatic carbocycles. The number of allylic oxidation sites excluding steroid dienone is 1. The number of amides is 1. The van der Waals surface area contributed by atoms with Gasteiger partial charge in [0.2, 0.25) is 5.91 Å². The topological polar surface area (TPSA) is 43.1 Å². The van der Waals surface area contributed by atoms with Gasteiger partial charge in [-0.15, -0.1) is 0 Å². The maximum absolute atomic E-state index is 10.5. The fourth-order valence-corrected chi connectivity index (χ4v) is 0.513. The molecule has 58 valence electrons. The molecular weight excluding hydrogens is 126 g/mol. The summed E-state index contributed by atoms with van der Waals surface area (Å²) >= 11 is 0. The van der Waals surface area contributed by atoms with Gasteiger partial charge < -0.3 is 5.73 Å². The van der Waals surface area contributed by atoms with Gasteiger partial charge in [-0.05, 0) is 19.3 Å². The van der Waals surface area contributed by atoms with E-state index < -0.39 is 0 Å². The fraction of sp³-hybridized carbons (Fsp3) is 0.625. The van der Waals surface area contributed by atoms with Crippen LogP contribution in [0.2, 0.25) is 0 Å². The number of hydrogen-bond donors (Lipinski definition) is 1. The molecule has 0 heterocycles. The van der Waals surface area contributed by atoms with Gasteiger partial charge in [0.25, 0.3) is 0 Å². The second-order valence-electron chi connectivity index (χ2n) is 2.88. The van der Waals surface area contributed by atoms with Crippen molar-refractivity contribution in [2.45, 2.75) is 27.2 Å². The SMILES string of the molecule is CC(=CCC(C)C)C(N)=O. The Morgan fingerprint density at radius 3 is 2.40 bits per heavy atom. The van der Waals surface area contributed by atoms with E-state index in [0.29, 0.717) is 11.5 Å². The molecule has 0 aliphatic rings. The van der Waals surface area contributed by atoms with Crippen molar-refractivity contribution in [3.8, 4) is 0 Å². The first kappa shape index (κ1) is 9.21. The maximum Gasteiger partial charge on any atom is 0.244 e. The van der Waals surface area contributed by atoms with E-state index in [9.17, 15) is 4.79 Å². The molecular formula is C8H15NO. The molecule has 0 saturated heterocycles. The third kappa shape index (κ3) is 4.13. The Hall–Kier alpha value is -0.790. The summed E-state index contributed by atoms with van der Waals surface area (Å²) in [6.07, 6.45) is 2.81. The predicted molar refractivity (Wildman–Crippen MR) is 42.4 cm³/mol. The lowest BCUT2D eigenvalue weighted by atomic mass is 10.1. The number of carbonyl (C=O) groups is 1. The van der Waals surface area contributed by atoms with Gasteiger partial charge in [-0.1, -0.05) is 19.9 Å². The number of carbonyl (C=O) groups excluding carboxylic acids is 1. The van der Waals surface area contributed by atoms with E-state index in [4.69, 9.17) is 5.73 Å². The highest BCUT2D eigenvalue weighted by Gasteiger charge is 1.96. The summed E-state index contributed by atoms with van der Waals surface area (Å²) in [5.74, 6) is 0.273. The van der Waals surface area contributed by atoms with Crippen molar-refractivity contribution in [1.29, 1.82) is 0 Å². The van der Waals surface area contributed by atoms with Gasteiger partial charge in [0.15, 0.2) is 0 Å². The molecule has 2 heteroatoms. The Labute approximate surface area is 62.1 Å². The minimum absolute atomic E-state index is 0.319. The van der Waals surface area contributed by atoms with Crippen molar-refractivity contribution >= 4 is 5.91 Å².